The van der Waals surface area contributed by atoms with Crippen molar-refractivity contribution in [3.63, 3.8) is 0 Å². The molecule has 0 aliphatic carbocycles. The Morgan fingerprint density at radius 1 is 0.493 bits per heavy atom. The van der Waals surface area contributed by atoms with E-state index in [0.717, 1.165) is 103 Å². The Kier molecular flexibility index (Phi) is 47.2. The molecule has 1 amide bonds. The summed E-state index contributed by atoms with van der Waals surface area (Å²) in [6.07, 6.45) is 66.2. The van der Waals surface area contributed by atoms with Crippen molar-refractivity contribution >= 4 is 5.91 Å². The average Bonchev–Trinajstić information content (AvgIpc) is 3.37. The van der Waals surface area contributed by atoms with Gasteiger partial charge in [-0.25, -0.2) is 0 Å². The minimum absolute atomic E-state index is 0.212. The number of aliphatic hydroxyl groups is 5. The monoisotopic (exact) mass is 994 g/mol. The number of nitrogens with one attached hydrogen (secondary N) is 1. The van der Waals surface area contributed by atoms with Gasteiger partial charge in [0.2, 0.25) is 5.91 Å². The van der Waals surface area contributed by atoms with Crippen molar-refractivity contribution in [2.24, 2.45) is 0 Å². The summed E-state index contributed by atoms with van der Waals surface area (Å²) >= 11 is 0. The lowest BCUT2D eigenvalue weighted by Gasteiger charge is -2.40. The quantitative estimate of drug-likeness (QED) is 0.0261. The molecule has 0 aromatic carbocycles. The molecule has 0 radical (unpaired) electrons. The fourth-order valence-corrected chi connectivity index (χ4v) is 8.57. The lowest BCUT2D eigenvalue weighted by Crippen LogP contribution is -2.60. The van der Waals surface area contributed by atoms with Crippen LogP contribution in [-0.4, -0.2) is 87.5 Å². The van der Waals surface area contributed by atoms with Crippen molar-refractivity contribution in [2.75, 3.05) is 13.2 Å². The van der Waals surface area contributed by atoms with Crippen LogP contribution in [0.3, 0.4) is 0 Å². The SMILES string of the molecule is CC/C=C\C/C=C\C/C=C\C/C=C\C/C=C\CCCCCCCC(=O)NC(COC1OC(CO)C(O)C(O)C1O)C(O)/C=C/CC/C=C/CC/C=C/CCCCCCCCCCCCCCCCCCC. The van der Waals surface area contributed by atoms with E-state index >= 15 is 0 Å². The van der Waals surface area contributed by atoms with Gasteiger partial charge < -0.3 is 40.3 Å². The Balaban J connectivity index is 2.29. The Labute approximate surface area is 434 Å². The van der Waals surface area contributed by atoms with E-state index in [-0.39, 0.29) is 12.5 Å². The Hall–Kier alpha value is -2.89. The molecule has 1 fully saturated rings. The van der Waals surface area contributed by atoms with Crippen LogP contribution in [0.15, 0.2) is 97.2 Å². The number of unbranched alkanes of at least 4 members (excludes halogenated alkanes) is 24. The molecule has 9 nitrogen and oxygen atoms in total. The molecular weight excluding hydrogens is 887 g/mol. The van der Waals surface area contributed by atoms with Gasteiger partial charge in [0.25, 0.3) is 0 Å². The second kappa shape index (κ2) is 50.6. The van der Waals surface area contributed by atoms with Gasteiger partial charge in [0.15, 0.2) is 6.29 Å². The van der Waals surface area contributed by atoms with Gasteiger partial charge in [-0.1, -0.05) is 233 Å². The maximum atomic E-state index is 13.0. The van der Waals surface area contributed by atoms with Gasteiger partial charge in [0.05, 0.1) is 25.4 Å². The molecule has 0 aromatic heterocycles. The van der Waals surface area contributed by atoms with Gasteiger partial charge in [0, 0.05) is 6.42 Å². The molecule has 9 heteroatoms. The summed E-state index contributed by atoms with van der Waals surface area (Å²) in [6, 6.07) is -0.846. The number of amides is 1. The third-order valence-corrected chi connectivity index (χ3v) is 13.1. The van der Waals surface area contributed by atoms with Crippen LogP contribution < -0.4 is 5.32 Å². The van der Waals surface area contributed by atoms with Gasteiger partial charge in [0.1, 0.15) is 24.4 Å². The standard InChI is InChI=1S/C62H107NO8/c1-3-5-7-9-11-13-15-17-19-21-23-25-26-27-28-29-30-32-33-35-37-39-41-43-45-47-49-51-56(65)55(54-70-62-61(69)60(68)59(67)57(53-64)71-62)63-58(66)52-50-48-46-44-42-40-38-36-34-31-24-22-20-18-16-14-12-10-8-6-4-2/h6,8,12,14,18,20,24,31,33,35-36,38,41,43,49,51,55-57,59-62,64-65,67-69H,3-5,7,9-11,13,15-17,19,21-23,25-30,32,34,37,39-40,42,44-48,50,52-54H2,1-2H3,(H,63,66)/b8-6-,14-12-,20-18-,31-24-,35-33+,38-36-,43-41+,51-49+. The van der Waals surface area contributed by atoms with Gasteiger partial charge >= 0.3 is 0 Å². The van der Waals surface area contributed by atoms with Crippen LogP contribution in [0.25, 0.3) is 0 Å². The number of rotatable bonds is 48. The van der Waals surface area contributed by atoms with Crippen LogP contribution in [0.2, 0.25) is 0 Å². The fourth-order valence-electron chi connectivity index (χ4n) is 8.57. The smallest absolute Gasteiger partial charge is 0.220 e. The van der Waals surface area contributed by atoms with Gasteiger partial charge in [-0.2, -0.15) is 0 Å². The first-order valence-corrected chi connectivity index (χ1v) is 29.0. The number of carbonyl (C=O) groups is 1. The molecule has 7 atom stereocenters. The predicted octanol–water partition coefficient (Wildman–Crippen LogP) is 14.4. The summed E-state index contributed by atoms with van der Waals surface area (Å²) in [5.41, 5.74) is 0. The van der Waals surface area contributed by atoms with Gasteiger partial charge in [-0.15, -0.1) is 0 Å². The second-order valence-corrected chi connectivity index (χ2v) is 19.7. The molecule has 1 aliphatic heterocycles. The molecular formula is C62H107NO8. The maximum absolute atomic E-state index is 13.0. The van der Waals surface area contributed by atoms with Crippen molar-refractivity contribution in [1.82, 2.24) is 5.32 Å². The van der Waals surface area contributed by atoms with E-state index in [1.807, 2.05) is 6.08 Å². The van der Waals surface area contributed by atoms with E-state index in [9.17, 15) is 30.3 Å². The molecule has 1 rings (SSSR count). The molecule has 71 heavy (non-hydrogen) atoms. The number of hydrogen-bond acceptors (Lipinski definition) is 8. The molecule has 6 N–H and O–H groups in total. The molecule has 1 aliphatic rings. The van der Waals surface area contributed by atoms with Crippen molar-refractivity contribution in [3.05, 3.63) is 97.2 Å². The highest BCUT2D eigenvalue weighted by molar-refractivity contribution is 5.76. The van der Waals surface area contributed by atoms with Crippen LogP contribution in [-0.2, 0) is 14.3 Å². The van der Waals surface area contributed by atoms with Crippen LogP contribution >= 0.6 is 0 Å². The highest BCUT2D eigenvalue weighted by Crippen LogP contribution is 2.23. The average molecular weight is 995 g/mol. The summed E-state index contributed by atoms with van der Waals surface area (Å²) in [5.74, 6) is -0.212. The topological polar surface area (TPSA) is 149 Å². The second-order valence-electron chi connectivity index (χ2n) is 19.7. The number of allylic oxidation sites excluding steroid dienone is 15. The molecule has 408 valence electrons. The first-order valence-electron chi connectivity index (χ1n) is 29.0. The van der Waals surface area contributed by atoms with E-state index in [4.69, 9.17) is 9.47 Å². The zero-order valence-corrected chi connectivity index (χ0v) is 45.2. The Morgan fingerprint density at radius 3 is 1.35 bits per heavy atom. The van der Waals surface area contributed by atoms with Crippen molar-refractivity contribution < 1.29 is 39.8 Å². The normalized spacial score (nSPS) is 20.0. The maximum Gasteiger partial charge on any atom is 0.220 e. The van der Waals surface area contributed by atoms with E-state index in [0.29, 0.717) is 6.42 Å². The highest BCUT2D eigenvalue weighted by atomic mass is 16.7. The van der Waals surface area contributed by atoms with Crippen LogP contribution in [0.4, 0.5) is 0 Å². The number of hydrogen-bond donors (Lipinski definition) is 6. The summed E-state index contributed by atoms with van der Waals surface area (Å²) < 4.78 is 11.2. The van der Waals surface area contributed by atoms with E-state index in [1.54, 1.807) is 6.08 Å². The summed E-state index contributed by atoms with van der Waals surface area (Å²) in [5, 5.41) is 54.5. The third kappa shape index (κ3) is 40.2. The van der Waals surface area contributed by atoms with Gasteiger partial charge in [-0.05, 0) is 89.9 Å². The lowest BCUT2D eigenvalue weighted by molar-refractivity contribution is -0.302. The number of aliphatic hydroxyl groups excluding tert-OH is 5. The van der Waals surface area contributed by atoms with Crippen LogP contribution in [0.5, 0.6) is 0 Å². The molecule has 7 unspecified atom stereocenters. The third-order valence-electron chi connectivity index (χ3n) is 13.1. The van der Waals surface area contributed by atoms with Crippen LogP contribution in [0, 0.1) is 0 Å². The summed E-state index contributed by atoms with van der Waals surface area (Å²) in [7, 11) is 0. The van der Waals surface area contributed by atoms with E-state index in [2.05, 4.69) is 104 Å². The lowest BCUT2D eigenvalue weighted by atomic mass is 9.99. The summed E-state index contributed by atoms with van der Waals surface area (Å²) in [4.78, 5) is 13.0. The minimum atomic E-state index is -1.58. The highest BCUT2D eigenvalue weighted by Gasteiger charge is 2.44. The molecule has 0 aromatic rings. The predicted molar refractivity (Wildman–Crippen MR) is 299 cm³/mol. The Morgan fingerprint density at radius 2 is 0.887 bits per heavy atom. The molecule has 1 saturated heterocycles. The molecule has 0 saturated carbocycles. The van der Waals surface area contributed by atoms with Crippen molar-refractivity contribution in [2.45, 2.75) is 275 Å². The number of carbonyl (C=O) groups excluding carboxylic acids is 1. The van der Waals surface area contributed by atoms with E-state index in [1.165, 1.54) is 109 Å². The fraction of sp³-hybridized carbons (Fsp3) is 0.726. The first-order chi connectivity index (χ1) is 34.8. The summed E-state index contributed by atoms with van der Waals surface area (Å²) in [6.45, 7) is 3.64. The molecule has 1 heterocycles. The molecule has 0 bridgehead atoms. The number of ether oxygens (including phenoxy) is 2. The zero-order chi connectivity index (χ0) is 51.5. The van der Waals surface area contributed by atoms with E-state index < -0.39 is 49.5 Å². The van der Waals surface area contributed by atoms with Crippen molar-refractivity contribution in [3.8, 4) is 0 Å². The largest absolute Gasteiger partial charge is 0.394 e. The zero-order valence-electron chi connectivity index (χ0n) is 45.2. The first kappa shape index (κ1) is 66.1. The molecule has 0 spiro atoms. The van der Waals surface area contributed by atoms with Crippen LogP contribution in [0.1, 0.15) is 232 Å². The van der Waals surface area contributed by atoms with Gasteiger partial charge in [-0.3, -0.25) is 4.79 Å². The van der Waals surface area contributed by atoms with Crippen molar-refractivity contribution in [1.29, 1.82) is 0 Å². The minimum Gasteiger partial charge on any atom is -0.394 e. The Bertz CT molecular complexity index is 1430.